The van der Waals surface area contributed by atoms with Crippen LogP contribution in [0.4, 0.5) is 0 Å². The van der Waals surface area contributed by atoms with Crippen molar-refractivity contribution >= 4 is 18.2 Å². The van der Waals surface area contributed by atoms with E-state index in [1.807, 2.05) is 0 Å². The highest BCUT2D eigenvalue weighted by molar-refractivity contribution is 5.86. The van der Waals surface area contributed by atoms with Gasteiger partial charge in [-0.25, -0.2) is 4.79 Å². The second-order valence-electron chi connectivity index (χ2n) is 4.51. The average Bonchev–Trinajstić information content (AvgIpc) is 2.50. The molecule has 0 aliphatic rings. The molecule has 1 amide bonds. The van der Waals surface area contributed by atoms with E-state index in [2.05, 4.69) is 5.32 Å². The maximum absolute atomic E-state index is 12.0. The highest BCUT2D eigenvalue weighted by Gasteiger charge is 2.24. The van der Waals surface area contributed by atoms with Gasteiger partial charge >= 0.3 is 5.97 Å². The summed E-state index contributed by atoms with van der Waals surface area (Å²) in [4.78, 5) is 33.5. The van der Waals surface area contributed by atoms with Crippen LogP contribution in [0.25, 0.3) is 0 Å². The molecule has 1 rings (SSSR count). The molecule has 0 saturated heterocycles. The van der Waals surface area contributed by atoms with Gasteiger partial charge in [-0.2, -0.15) is 0 Å². The van der Waals surface area contributed by atoms with Gasteiger partial charge in [0.2, 0.25) is 0 Å². The fourth-order valence-electron chi connectivity index (χ4n) is 1.71. The van der Waals surface area contributed by atoms with E-state index in [9.17, 15) is 14.4 Å². The normalized spacial score (nSPS) is 13.0. The van der Waals surface area contributed by atoms with Crippen molar-refractivity contribution in [3.05, 3.63) is 29.8 Å². The Morgan fingerprint density at radius 1 is 1.24 bits per heavy atom. The second-order valence-corrected chi connectivity index (χ2v) is 4.51. The zero-order chi connectivity index (χ0) is 15.8. The number of rotatable bonds is 8. The van der Waals surface area contributed by atoms with Crippen LogP contribution >= 0.6 is 0 Å². The minimum atomic E-state index is -1.07. The quantitative estimate of drug-likeness (QED) is 0.711. The molecule has 0 spiro atoms. The highest BCUT2D eigenvalue weighted by atomic mass is 16.5. The third-order valence-corrected chi connectivity index (χ3v) is 2.98. The number of ether oxygens (including phenoxy) is 1. The van der Waals surface area contributed by atoms with Crippen LogP contribution in [0.1, 0.15) is 37.0 Å². The van der Waals surface area contributed by atoms with Crippen molar-refractivity contribution in [1.29, 1.82) is 0 Å². The molecule has 0 heterocycles. The maximum atomic E-state index is 12.0. The van der Waals surface area contributed by atoms with Crippen LogP contribution < -0.4 is 10.1 Å². The third-order valence-electron chi connectivity index (χ3n) is 2.98. The lowest BCUT2D eigenvalue weighted by molar-refractivity contribution is -0.143. The van der Waals surface area contributed by atoms with Crippen LogP contribution in [-0.2, 0) is 9.59 Å². The van der Waals surface area contributed by atoms with Gasteiger partial charge in [-0.1, -0.05) is 13.8 Å². The molecule has 0 fully saturated rings. The van der Waals surface area contributed by atoms with E-state index in [4.69, 9.17) is 9.84 Å². The summed E-state index contributed by atoms with van der Waals surface area (Å²) in [6.45, 7) is 3.45. The standard InChI is InChI=1S/C15H19NO5/c1-3-12(15(19)20)16-14(18)13(4-2)21-11-7-5-10(9-17)6-8-11/h5-9,12-13H,3-4H2,1-2H3,(H,16,18)(H,19,20). The number of hydrogen-bond donors (Lipinski definition) is 2. The zero-order valence-electron chi connectivity index (χ0n) is 12.0. The van der Waals surface area contributed by atoms with Crippen molar-refractivity contribution in [2.45, 2.75) is 38.8 Å². The van der Waals surface area contributed by atoms with Crippen LogP contribution in [0, 0.1) is 0 Å². The van der Waals surface area contributed by atoms with Crippen molar-refractivity contribution in [2.24, 2.45) is 0 Å². The minimum absolute atomic E-state index is 0.297. The van der Waals surface area contributed by atoms with Gasteiger partial charge in [-0.05, 0) is 37.1 Å². The smallest absolute Gasteiger partial charge is 0.326 e. The average molecular weight is 293 g/mol. The number of carbonyl (C=O) groups is 3. The monoisotopic (exact) mass is 293 g/mol. The predicted octanol–water partition coefficient (Wildman–Crippen LogP) is 1.64. The summed E-state index contributed by atoms with van der Waals surface area (Å²) in [6, 6.07) is 5.42. The molecular formula is C15H19NO5. The Bertz CT molecular complexity index is 497. The van der Waals surface area contributed by atoms with Gasteiger partial charge in [-0.3, -0.25) is 9.59 Å². The Balaban J connectivity index is 2.70. The summed E-state index contributed by atoms with van der Waals surface area (Å²) in [5, 5.41) is 11.4. The van der Waals surface area contributed by atoms with E-state index in [1.165, 1.54) is 0 Å². The molecule has 0 radical (unpaired) electrons. The number of carboxylic acids is 1. The predicted molar refractivity (Wildman–Crippen MR) is 76.4 cm³/mol. The first kappa shape index (κ1) is 16.7. The summed E-state index contributed by atoms with van der Waals surface area (Å²) >= 11 is 0. The fourth-order valence-corrected chi connectivity index (χ4v) is 1.71. The zero-order valence-corrected chi connectivity index (χ0v) is 12.0. The number of carboxylic acid groups (broad SMARTS) is 1. The van der Waals surface area contributed by atoms with Gasteiger partial charge in [0.25, 0.3) is 5.91 Å². The molecule has 1 aromatic rings. The molecule has 0 aliphatic heterocycles. The van der Waals surface area contributed by atoms with Gasteiger partial charge in [-0.15, -0.1) is 0 Å². The molecule has 1 aromatic carbocycles. The number of hydrogen-bond acceptors (Lipinski definition) is 4. The first-order valence-corrected chi connectivity index (χ1v) is 6.76. The van der Waals surface area contributed by atoms with Gasteiger partial charge in [0.05, 0.1) is 0 Å². The number of benzene rings is 1. The first-order valence-electron chi connectivity index (χ1n) is 6.76. The Morgan fingerprint density at radius 2 is 1.86 bits per heavy atom. The molecule has 0 saturated carbocycles. The molecule has 2 N–H and O–H groups in total. The highest BCUT2D eigenvalue weighted by Crippen LogP contribution is 2.14. The van der Waals surface area contributed by atoms with E-state index >= 15 is 0 Å². The van der Waals surface area contributed by atoms with Crippen molar-refractivity contribution < 1.29 is 24.2 Å². The molecule has 0 aliphatic carbocycles. The van der Waals surface area contributed by atoms with E-state index in [-0.39, 0.29) is 0 Å². The number of amides is 1. The molecule has 2 atom stereocenters. The lowest BCUT2D eigenvalue weighted by atomic mass is 10.2. The Hall–Kier alpha value is -2.37. The minimum Gasteiger partial charge on any atom is -0.481 e. The van der Waals surface area contributed by atoms with Crippen molar-refractivity contribution in [3.8, 4) is 5.75 Å². The molecule has 2 unspecified atom stereocenters. The van der Waals surface area contributed by atoms with Crippen LogP contribution in [-0.4, -0.2) is 35.4 Å². The van der Waals surface area contributed by atoms with Crippen molar-refractivity contribution in [1.82, 2.24) is 5.32 Å². The van der Waals surface area contributed by atoms with Gasteiger partial charge in [0.1, 0.15) is 18.1 Å². The molecule has 0 bridgehead atoms. The van der Waals surface area contributed by atoms with Crippen LogP contribution in [0.15, 0.2) is 24.3 Å². The summed E-state index contributed by atoms with van der Waals surface area (Å²) in [5.74, 6) is -1.09. The summed E-state index contributed by atoms with van der Waals surface area (Å²) in [5.41, 5.74) is 0.511. The Kier molecular flexibility index (Phi) is 6.39. The van der Waals surface area contributed by atoms with Crippen LogP contribution in [0.2, 0.25) is 0 Å². The Morgan fingerprint density at radius 3 is 2.29 bits per heavy atom. The lowest BCUT2D eigenvalue weighted by Crippen LogP contribution is -2.46. The van der Waals surface area contributed by atoms with Crippen LogP contribution in [0.3, 0.4) is 0 Å². The van der Waals surface area contributed by atoms with E-state index < -0.39 is 24.0 Å². The second kappa shape index (κ2) is 8.04. The first-order chi connectivity index (χ1) is 10.0. The largest absolute Gasteiger partial charge is 0.481 e. The van der Waals surface area contributed by atoms with E-state index in [0.717, 1.165) is 0 Å². The van der Waals surface area contributed by atoms with Crippen molar-refractivity contribution in [3.63, 3.8) is 0 Å². The summed E-state index contributed by atoms with van der Waals surface area (Å²) in [7, 11) is 0. The van der Waals surface area contributed by atoms with Gasteiger partial charge < -0.3 is 15.2 Å². The number of aldehydes is 1. The van der Waals surface area contributed by atoms with Crippen LogP contribution in [0.5, 0.6) is 5.75 Å². The van der Waals surface area contributed by atoms with E-state index in [1.54, 1.807) is 38.1 Å². The molecule has 21 heavy (non-hydrogen) atoms. The third kappa shape index (κ3) is 4.91. The number of aliphatic carboxylic acids is 1. The Labute approximate surface area is 123 Å². The van der Waals surface area contributed by atoms with Gasteiger partial charge in [0.15, 0.2) is 6.10 Å². The topological polar surface area (TPSA) is 92.7 Å². The molecule has 6 nitrogen and oxygen atoms in total. The van der Waals surface area contributed by atoms with Crippen molar-refractivity contribution in [2.75, 3.05) is 0 Å². The molecule has 0 aromatic heterocycles. The number of carbonyl (C=O) groups excluding carboxylic acids is 2. The summed E-state index contributed by atoms with van der Waals surface area (Å²) < 4.78 is 5.53. The van der Waals surface area contributed by atoms with E-state index in [0.29, 0.717) is 30.4 Å². The van der Waals surface area contributed by atoms with Gasteiger partial charge in [0, 0.05) is 5.56 Å². The SMILES string of the molecule is CCC(NC(=O)C(CC)Oc1ccc(C=O)cc1)C(=O)O. The molecule has 6 heteroatoms. The molecule has 114 valence electrons. The lowest BCUT2D eigenvalue weighted by Gasteiger charge is -2.20. The number of nitrogens with one attached hydrogen (secondary N) is 1. The molecular weight excluding hydrogens is 274 g/mol. The summed E-state index contributed by atoms with van der Waals surface area (Å²) in [6.07, 6.45) is 0.635. The maximum Gasteiger partial charge on any atom is 0.326 e. The fraction of sp³-hybridized carbons (Fsp3) is 0.400.